The quantitative estimate of drug-likeness (QED) is 0.665. The number of hydrogen-bond donors (Lipinski definition) is 1. The highest BCUT2D eigenvalue weighted by Crippen LogP contribution is 2.39. The molecule has 3 rings (SSSR count). The molecule has 0 bridgehead atoms. The van der Waals surface area contributed by atoms with Crippen molar-refractivity contribution < 1.29 is 24.3 Å². The van der Waals surface area contributed by atoms with Crippen LogP contribution in [0.3, 0.4) is 0 Å². The van der Waals surface area contributed by atoms with E-state index in [1.807, 2.05) is 25.2 Å². The highest BCUT2D eigenvalue weighted by molar-refractivity contribution is 9.10. The third-order valence-electron chi connectivity index (χ3n) is 4.81. The molecule has 0 fully saturated rings. The molecular formula is C22H24BrNO4. The van der Waals surface area contributed by atoms with Crippen LogP contribution in [-0.4, -0.2) is 26.5 Å². The standard InChI is InChI=1S/C22H24BrNO4/c1-4-5-10-24(2)13-17-18(25)8-7-16-21(26)20(28-22(16)17)12-14-11-15(23)6-9-19(14)27-3/h6-9,11-12,25H,4-5,10,13H2,1-3H3. The van der Waals surface area contributed by atoms with E-state index in [0.717, 1.165) is 29.4 Å². The highest BCUT2D eigenvalue weighted by atomic mass is 79.9. The van der Waals surface area contributed by atoms with Gasteiger partial charge in [0, 0.05) is 15.6 Å². The fourth-order valence-electron chi connectivity index (χ4n) is 3.28. The number of Topliss-reactive ketones (excluding diaryl/α,β-unsaturated/α-hetero) is 1. The van der Waals surface area contributed by atoms with Crippen molar-refractivity contribution in [2.75, 3.05) is 20.7 Å². The first-order valence-electron chi connectivity index (χ1n) is 9.36. The highest BCUT2D eigenvalue weighted by Gasteiger charge is 2.31. The van der Waals surface area contributed by atoms with Gasteiger partial charge in [-0.25, -0.2) is 0 Å². The van der Waals surface area contributed by atoms with Gasteiger partial charge in [-0.15, -0.1) is 0 Å². The number of nitrogens with one attached hydrogen (secondary N) is 1. The molecule has 6 heteroatoms. The molecule has 0 aromatic heterocycles. The summed E-state index contributed by atoms with van der Waals surface area (Å²) in [5, 5.41) is 12.5. The van der Waals surface area contributed by atoms with Crippen LogP contribution in [0.2, 0.25) is 0 Å². The van der Waals surface area contributed by atoms with Gasteiger partial charge >= 0.3 is 0 Å². The summed E-state index contributed by atoms with van der Waals surface area (Å²) in [5.41, 5.74) is 1.73. The lowest BCUT2D eigenvalue weighted by atomic mass is 10.0. The number of ether oxygens (including phenoxy) is 2. The number of methoxy groups -OCH3 is 1. The minimum Gasteiger partial charge on any atom is -0.872 e. The van der Waals surface area contributed by atoms with Gasteiger partial charge in [-0.2, -0.15) is 0 Å². The van der Waals surface area contributed by atoms with Gasteiger partial charge in [-0.1, -0.05) is 41.1 Å². The average molecular weight is 446 g/mol. The van der Waals surface area contributed by atoms with E-state index in [2.05, 4.69) is 22.9 Å². The summed E-state index contributed by atoms with van der Waals surface area (Å²) in [5.74, 6) is 0.919. The van der Waals surface area contributed by atoms with E-state index in [1.54, 1.807) is 19.3 Å². The summed E-state index contributed by atoms with van der Waals surface area (Å²) in [4.78, 5) is 14.1. The number of unbranched alkanes of at least 4 members (excludes halogenated alkanes) is 1. The van der Waals surface area contributed by atoms with E-state index in [0.29, 0.717) is 29.2 Å². The van der Waals surface area contributed by atoms with E-state index >= 15 is 0 Å². The average Bonchev–Trinajstić information content (AvgIpc) is 2.98. The van der Waals surface area contributed by atoms with Gasteiger partial charge in [-0.3, -0.25) is 4.79 Å². The summed E-state index contributed by atoms with van der Waals surface area (Å²) >= 11 is 3.43. The van der Waals surface area contributed by atoms with Gasteiger partial charge in [-0.05, 0) is 36.8 Å². The van der Waals surface area contributed by atoms with Crippen molar-refractivity contribution in [2.45, 2.75) is 26.3 Å². The molecule has 5 nitrogen and oxygen atoms in total. The molecule has 1 aliphatic heterocycles. The van der Waals surface area contributed by atoms with Crippen LogP contribution >= 0.6 is 15.9 Å². The molecule has 1 heterocycles. The predicted molar refractivity (Wildman–Crippen MR) is 110 cm³/mol. The topological polar surface area (TPSA) is 63.0 Å². The second-order valence-electron chi connectivity index (χ2n) is 6.98. The maximum atomic E-state index is 12.9. The molecule has 2 aromatic carbocycles. The zero-order chi connectivity index (χ0) is 20.3. The Bertz CT molecular complexity index is 923. The molecule has 0 saturated carbocycles. The lowest BCUT2D eigenvalue weighted by Gasteiger charge is -2.20. The van der Waals surface area contributed by atoms with Crippen LogP contribution in [-0.2, 0) is 6.54 Å². The number of ketones is 1. The number of benzene rings is 2. The monoisotopic (exact) mass is 445 g/mol. The Labute approximate surface area is 173 Å². The molecule has 0 spiro atoms. The van der Waals surface area contributed by atoms with Crippen LogP contribution in [0, 0.1) is 0 Å². The maximum absolute atomic E-state index is 12.9. The van der Waals surface area contributed by atoms with Crippen molar-refractivity contribution in [1.29, 1.82) is 0 Å². The Morgan fingerprint density at radius 3 is 2.79 bits per heavy atom. The van der Waals surface area contributed by atoms with Gasteiger partial charge in [0.15, 0.2) is 5.76 Å². The summed E-state index contributed by atoms with van der Waals surface area (Å²) in [6.45, 7) is 3.63. The maximum Gasteiger partial charge on any atom is 0.231 e. The van der Waals surface area contributed by atoms with Crippen molar-refractivity contribution in [3.8, 4) is 17.2 Å². The minimum absolute atomic E-state index is 0.0938. The summed E-state index contributed by atoms with van der Waals surface area (Å²) in [6, 6.07) is 8.56. The Balaban J connectivity index is 1.95. The van der Waals surface area contributed by atoms with Crippen molar-refractivity contribution >= 4 is 27.8 Å². The number of rotatable bonds is 7. The zero-order valence-electron chi connectivity index (χ0n) is 16.3. The third-order valence-corrected chi connectivity index (χ3v) is 5.31. The molecule has 0 saturated heterocycles. The molecular weight excluding hydrogens is 422 g/mol. The summed E-state index contributed by atoms with van der Waals surface area (Å²) in [7, 11) is 3.63. The second-order valence-corrected chi connectivity index (χ2v) is 7.90. The van der Waals surface area contributed by atoms with Crippen LogP contribution in [0.5, 0.6) is 17.2 Å². The van der Waals surface area contributed by atoms with Crippen LogP contribution in [0.25, 0.3) is 6.08 Å². The van der Waals surface area contributed by atoms with Crippen LogP contribution in [0.4, 0.5) is 0 Å². The molecule has 0 aliphatic carbocycles. The van der Waals surface area contributed by atoms with Gasteiger partial charge in [0.2, 0.25) is 5.78 Å². The number of carbonyl (C=O) groups is 1. The molecule has 1 atom stereocenters. The first kappa shape index (κ1) is 20.4. The predicted octanol–water partition coefficient (Wildman–Crippen LogP) is 2.96. The first-order chi connectivity index (χ1) is 13.4. The van der Waals surface area contributed by atoms with E-state index < -0.39 is 0 Å². The van der Waals surface area contributed by atoms with Crippen molar-refractivity contribution in [3.63, 3.8) is 0 Å². The lowest BCUT2D eigenvalue weighted by molar-refractivity contribution is -0.894. The number of carbonyl (C=O) groups excluding carboxylic acids is 1. The third kappa shape index (κ3) is 4.23. The summed E-state index contributed by atoms with van der Waals surface area (Å²) in [6.07, 6.45) is 3.85. The molecule has 1 N–H and O–H groups in total. The summed E-state index contributed by atoms with van der Waals surface area (Å²) < 4.78 is 12.1. The fraction of sp³-hybridized carbons (Fsp3) is 0.318. The van der Waals surface area contributed by atoms with E-state index in [4.69, 9.17) is 9.47 Å². The largest absolute Gasteiger partial charge is 0.872 e. The van der Waals surface area contributed by atoms with Gasteiger partial charge in [0.05, 0.1) is 26.3 Å². The molecule has 2 aromatic rings. The van der Waals surface area contributed by atoms with Crippen LogP contribution in [0.15, 0.2) is 40.6 Å². The van der Waals surface area contributed by atoms with E-state index in [9.17, 15) is 9.90 Å². The molecule has 28 heavy (non-hydrogen) atoms. The second kappa shape index (κ2) is 8.80. The fourth-order valence-corrected chi connectivity index (χ4v) is 3.66. The zero-order valence-corrected chi connectivity index (χ0v) is 17.9. The number of allylic oxidation sites excluding steroid dienone is 1. The lowest BCUT2D eigenvalue weighted by Crippen LogP contribution is -3.07. The Kier molecular flexibility index (Phi) is 6.42. The van der Waals surface area contributed by atoms with E-state index in [1.165, 1.54) is 11.0 Å². The Hall–Kier alpha value is -2.31. The number of fused-ring (bicyclic) bond motifs is 1. The number of quaternary nitrogens is 1. The van der Waals surface area contributed by atoms with Gasteiger partial charge in [0.25, 0.3) is 0 Å². The van der Waals surface area contributed by atoms with Gasteiger partial charge in [0.1, 0.15) is 18.0 Å². The molecule has 0 amide bonds. The molecule has 148 valence electrons. The Morgan fingerprint density at radius 1 is 1.29 bits per heavy atom. The normalized spacial score (nSPS) is 15.4. The number of hydrogen-bond acceptors (Lipinski definition) is 4. The van der Waals surface area contributed by atoms with Crippen molar-refractivity contribution in [1.82, 2.24) is 0 Å². The Morgan fingerprint density at radius 2 is 2.07 bits per heavy atom. The van der Waals surface area contributed by atoms with Crippen molar-refractivity contribution in [3.05, 3.63) is 57.3 Å². The van der Waals surface area contributed by atoms with Crippen LogP contribution < -0.4 is 19.5 Å². The first-order valence-corrected chi connectivity index (χ1v) is 10.2. The molecule has 0 radical (unpaired) electrons. The smallest absolute Gasteiger partial charge is 0.231 e. The van der Waals surface area contributed by atoms with Crippen LogP contribution in [0.1, 0.15) is 41.3 Å². The molecule has 1 aliphatic rings. The van der Waals surface area contributed by atoms with Gasteiger partial charge < -0.3 is 19.5 Å². The van der Waals surface area contributed by atoms with Crippen molar-refractivity contribution in [2.24, 2.45) is 0 Å². The van der Waals surface area contributed by atoms with E-state index in [-0.39, 0.29) is 17.3 Å². The minimum atomic E-state index is -0.218. The molecule has 1 unspecified atom stereocenters. The SMILES string of the molecule is CCCC[NH+](C)Cc1c([O-])ccc2c1OC(=Cc1cc(Br)ccc1OC)C2=O. The number of halogens is 1.